The summed E-state index contributed by atoms with van der Waals surface area (Å²) < 4.78 is 5.60. The van der Waals surface area contributed by atoms with Gasteiger partial charge in [0.1, 0.15) is 5.58 Å². The van der Waals surface area contributed by atoms with Gasteiger partial charge in [-0.15, -0.1) is 0 Å². The molecule has 1 unspecified atom stereocenters. The van der Waals surface area contributed by atoms with Crippen LogP contribution in [0.2, 0.25) is 0 Å². The number of para-hydroxylation sites is 1. The van der Waals surface area contributed by atoms with E-state index in [9.17, 15) is 14.4 Å². The molecule has 0 bridgehead atoms. The molecule has 182 valence electrons. The van der Waals surface area contributed by atoms with Gasteiger partial charge in [-0.05, 0) is 67.3 Å². The smallest absolute Gasteiger partial charge is 0.291 e. The standard InChI is InChI=1S/C29H27N3O4/c1-18(20-10-14-24(15-11-20)31-28(34)21-8-9-21)30-27(33)16-19-6-12-23(13-7-19)32-29(35)26-17-22-4-2-3-5-25(22)36-26/h2-7,10-15,17-18,21H,8-9,16H2,1H3,(H,30,33)(H,31,34)(H,32,35). The van der Waals surface area contributed by atoms with Gasteiger partial charge in [0, 0.05) is 22.7 Å². The third-order valence-electron chi connectivity index (χ3n) is 6.23. The van der Waals surface area contributed by atoms with Crippen LogP contribution in [-0.2, 0) is 16.0 Å². The number of benzene rings is 3. The number of nitrogens with one attached hydrogen (secondary N) is 3. The lowest BCUT2D eigenvalue weighted by atomic mass is 10.1. The summed E-state index contributed by atoms with van der Waals surface area (Å²) in [7, 11) is 0. The summed E-state index contributed by atoms with van der Waals surface area (Å²) in [5.74, 6) is 0.0392. The Morgan fingerprint density at radius 2 is 1.56 bits per heavy atom. The van der Waals surface area contributed by atoms with E-state index in [4.69, 9.17) is 4.42 Å². The minimum atomic E-state index is -0.330. The highest BCUT2D eigenvalue weighted by Gasteiger charge is 2.29. The number of furan rings is 1. The molecule has 1 fully saturated rings. The van der Waals surface area contributed by atoms with Crippen LogP contribution in [0.4, 0.5) is 11.4 Å². The van der Waals surface area contributed by atoms with Crippen LogP contribution in [0, 0.1) is 5.92 Å². The number of anilines is 2. The second kappa shape index (κ2) is 10.1. The number of carbonyl (C=O) groups is 3. The molecule has 1 aromatic heterocycles. The fourth-order valence-corrected chi connectivity index (χ4v) is 4.00. The van der Waals surface area contributed by atoms with E-state index >= 15 is 0 Å². The SMILES string of the molecule is CC(NC(=O)Cc1ccc(NC(=O)c2cc3ccccc3o2)cc1)c1ccc(NC(=O)C2CC2)cc1. The van der Waals surface area contributed by atoms with Gasteiger partial charge in [0.15, 0.2) is 5.76 Å². The maximum absolute atomic E-state index is 12.6. The number of carbonyl (C=O) groups excluding carboxylic acids is 3. The minimum absolute atomic E-state index is 0.0733. The van der Waals surface area contributed by atoms with Gasteiger partial charge < -0.3 is 20.4 Å². The van der Waals surface area contributed by atoms with Crippen LogP contribution >= 0.6 is 0 Å². The zero-order valence-electron chi connectivity index (χ0n) is 19.9. The predicted molar refractivity (Wildman–Crippen MR) is 139 cm³/mol. The Labute approximate surface area is 208 Å². The monoisotopic (exact) mass is 481 g/mol. The van der Waals surface area contributed by atoms with Crippen LogP contribution in [0.5, 0.6) is 0 Å². The van der Waals surface area contributed by atoms with Crippen molar-refractivity contribution in [3.8, 4) is 0 Å². The van der Waals surface area contributed by atoms with E-state index in [1.807, 2.05) is 67.6 Å². The van der Waals surface area contributed by atoms with Gasteiger partial charge in [0.25, 0.3) is 5.91 Å². The molecule has 3 amide bonds. The van der Waals surface area contributed by atoms with Crippen LogP contribution in [0.25, 0.3) is 11.0 Å². The second-order valence-corrected chi connectivity index (χ2v) is 9.15. The van der Waals surface area contributed by atoms with Crippen LogP contribution in [0.1, 0.15) is 47.5 Å². The molecule has 7 heteroatoms. The maximum Gasteiger partial charge on any atom is 0.291 e. The van der Waals surface area contributed by atoms with Crippen molar-refractivity contribution in [2.75, 3.05) is 10.6 Å². The number of amides is 3. The summed E-state index contributed by atoms with van der Waals surface area (Å²) in [5, 5.41) is 9.61. The molecule has 3 aromatic carbocycles. The van der Waals surface area contributed by atoms with Gasteiger partial charge in [-0.2, -0.15) is 0 Å². The largest absolute Gasteiger partial charge is 0.451 e. The van der Waals surface area contributed by atoms with E-state index in [0.29, 0.717) is 11.3 Å². The van der Waals surface area contributed by atoms with Gasteiger partial charge in [-0.25, -0.2) is 0 Å². The molecule has 7 nitrogen and oxygen atoms in total. The third-order valence-corrected chi connectivity index (χ3v) is 6.23. The van der Waals surface area contributed by atoms with Crippen molar-refractivity contribution in [3.63, 3.8) is 0 Å². The van der Waals surface area contributed by atoms with Crippen molar-refractivity contribution in [1.29, 1.82) is 0 Å². The second-order valence-electron chi connectivity index (χ2n) is 9.15. The van der Waals surface area contributed by atoms with Crippen molar-refractivity contribution in [2.24, 2.45) is 5.92 Å². The summed E-state index contributed by atoms with van der Waals surface area (Å²) in [4.78, 5) is 37.0. The van der Waals surface area contributed by atoms with E-state index in [2.05, 4.69) is 16.0 Å². The van der Waals surface area contributed by atoms with E-state index in [-0.39, 0.29) is 41.9 Å². The van der Waals surface area contributed by atoms with Crippen molar-refractivity contribution >= 4 is 40.1 Å². The molecule has 0 saturated heterocycles. The Morgan fingerprint density at radius 1 is 0.889 bits per heavy atom. The van der Waals surface area contributed by atoms with Crippen LogP contribution in [-0.4, -0.2) is 17.7 Å². The topological polar surface area (TPSA) is 100 Å². The lowest BCUT2D eigenvalue weighted by Crippen LogP contribution is -2.28. The molecular weight excluding hydrogens is 454 g/mol. The number of hydrogen-bond donors (Lipinski definition) is 3. The molecule has 1 atom stereocenters. The van der Waals surface area contributed by atoms with Gasteiger partial charge in [0.2, 0.25) is 11.8 Å². The molecule has 1 aliphatic carbocycles. The fourth-order valence-electron chi connectivity index (χ4n) is 4.00. The van der Waals surface area contributed by atoms with E-state index < -0.39 is 0 Å². The highest BCUT2D eigenvalue weighted by molar-refractivity contribution is 6.04. The zero-order valence-corrected chi connectivity index (χ0v) is 19.9. The molecule has 5 rings (SSSR count). The highest BCUT2D eigenvalue weighted by Crippen LogP contribution is 2.30. The Balaban J connectivity index is 1.12. The molecule has 3 N–H and O–H groups in total. The van der Waals surface area contributed by atoms with Gasteiger partial charge in [-0.3, -0.25) is 14.4 Å². The molecule has 1 heterocycles. The fraction of sp³-hybridized carbons (Fsp3) is 0.207. The summed E-state index contributed by atoms with van der Waals surface area (Å²) in [6, 6.07) is 23.7. The first-order valence-electron chi connectivity index (χ1n) is 12.0. The summed E-state index contributed by atoms with van der Waals surface area (Å²) in [6.45, 7) is 1.92. The number of fused-ring (bicyclic) bond motifs is 1. The molecule has 0 aliphatic heterocycles. The Kier molecular flexibility index (Phi) is 6.54. The first kappa shape index (κ1) is 23.4. The molecule has 4 aromatic rings. The van der Waals surface area contributed by atoms with Crippen LogP contribution in [0.3, 0.4) is 0 Å². The first-order valence-corrected chi connectivity index (χ1v) is 12.0. The summed E-state index contributed by atoms with van der Waals surface area (Å²) in [5.41, 5.74) is 3.83. The quantitative estimate of drug-likeness (QED) is 0.311. The molecule has 0 radical (unpaired) electrons. The first-order chi connectivity index (χ1) is 17.4. The molecule has 0 spiro atoms. The van der Waals surface area contributed by atoms with Crippen molar-refractivity contribution in [2.45, 2.75) is 32.2 Å². The molecule has 1 saturated carbocycles. The Bertz CT molecular complexity index is 1370. The van der Waals surface area contributed by atoms with E-state index in [1.165, 1.54) is 0 Å². The summed E-state index contributed by atoms with van der Waals surface area (Å²) >= 11 is 0. The molecular formula is C29H27N3O4. The van der Waals surface area contributed by atoms with Gasteiger partial charge in [0.05, 0.1) is 12.5 Å². The Morgan fingerprint density at radius 3 is 2.25 bits per heavy atom. The average molecular weight is 482 g/mol. The third kappa shape index (κ3) is 5.63. The van der Waals surface area contributed by atoms with E-state index in [0.717, 1.165) is 35.0 Å². The van der Waals surface area contributed by atoms with E-state index in [1.54, 1.807) is 18.2 Å². The van der Waals surface area contributed by atoms with Gasteiger partial charge in [-0.1, -0.05) is 42.5 Å². The lowest BCUT2D eigenvalue weighted by molar-refractivity contribution is -0.121. The average Bonchev–Trinajstić information content (AvgIpc) is 3.64. The number of rotatable bonds is 8. The summed E-state index contributed by atoms with van der Waals surface area (Å²) in [6.07, 6.45) is 2.15. The molecule has 36 heavy (non-hydrogen) atoms. The lowest BCUT2D eigenvalue weighted by Gasteiger charge is -2.15. The maximum atomic E-state index is 12.6. The minimum Gasteiger partial charge on any atom is -0.451 e. The normalized spacial score (nSPS) is 13.7. The predicted octanol–water partition coefficient (Wildman–Crippen LogP) is 5.45. The van der Waals surface area contributed by atoms with Gasteiger partial charge >= 0.3 is 0 Å². The Hall–Kier alpha value is -4.39. The van der Waals surface area contributed by atoms with Crippen molar-refractivity contribution in [3.05, 3.63) is 95.7 Å². The van der Waals surface area contributed by atoms with Crippen molar-refractivity contribution in [1.82, 2.24) is 5.32 Å². The van der Waals surface area contributed by atoms with Crippen LogP contribution in [0.15, 0.2) is 83.3 Å². The highest BCUT2D eigenvalue weighted by atomic mass is 16.3. The van der Waals surface area contributed by atoms with Crippen LogP contribution < -0.4 is 16.0 Å². The van der Waals surface area contributed by atoms with Crippen molar-refractivity contribution < 1.29 is 18.8 Å². The molecule has 1 aliphatic rings. The zero-order chi connectivity index (χ0) is 25.1. The number of hydrogen-bond acceptors (Lipinski definition) is 4.